The SMILES string of the molecule is O=C(O)/C(=C\c1ccccc1Cl)CC(=O)N1CC2CCCCC2C1. The summed E-state index contributed by atoms with van der Waals surface area (Å²) in [6.07, 6.45) is 6.29. The topological polar surface area (TPSA) is 57.6 Å². The third-order valence-corrected chi connectivity index (χ3v) is 5.52. The Morgan fingerprint density at radius 3 is 2.38 bits per heavy atom. The first-order valence-electron chi connectivity index (χ1n) is 8.51. The molecule has 2 unspecified atom stereocenters. The molecule has 4 nitrogen and oxygen atoms in total. The summed E-state index contributed by atoms with van der Waals surface area (Å²) in [4.78, 5) is 26.0. The van der Waals surface area contributed by atoms with Crippen molar-refractivity contribution in [1.82, 2.24) is 4.90 Å². The quantitative estimate of drug-likeness (QED) is 0.842. The Balaban J connectivity index is 1.71. The second kappa shape index (κ2) is 7.39. The number of likely N-dealkylation sites (tertiary alicyclic amines) is 1. The molecule has 1 N–H and O–H groups in total. The van der Waals surface area contributed by atoms with Crippen molar-refractivity contribution in [2.75, 3.05) is 13.1 Å². The van der Waals surface area contributed by atoms with E-state index < -0.39 is 5.97 Å². The van der Waals surface area contributed by atoms with Crippen molar-refractivity contribution in [3.8, 4) is 0 Å². The van der Waals surface area contributed by atoms with Gasteiger partial charge >= 0.3 is 5.97 Å². The third kappa shape index (κ3) is 3.81. The molecular formula is C19H22ClNO3. The van der Waals surface area contributed by atoms with Gasteiger partial charge in [-0.3, -0.25) is 4.79 Å². The van der Waals surface area contributed by atoms with Crippen molar-refractivity contribution in [3.05, 3.63) is 40.4 Å². The van der Waals surface area contributed by atoms with Gasteiger partial charge in [-0.2, -0.15) is 0 Å². The van der Waals surface area contributed by atoms with E-state index in [9.17, 15) is 14.7 Å². The van der Waals surface area contributed by atoms with Gasteiger partial charge in [0, 0.05) is 23.7 Å². The maximum Gasteiger partial charge on any atom is 0.332 e. The van der Waals surface area contributed by atoms with Crippen LogP contribution in [0.15, 0.2) is 29.8 Å². The van der Waals surface area contributed by atoms with E-state index in [1.165, 1.54) is 31.8 Å². The first-order chi connectivity index (χ1) is 11.5. The van der Waals surface area contributed by atoms with Crippen LogP contribution in [0.1, 0.15) is 37.7 Å². The molecule has 3 rings (SSSR count). The van der Waals surface area contributed by atoms with Gasteiger partial charge in [-0.1, -0.05) is 42.6 Å². The zero-order valence-electron chi connectivity index (χ0n) is 13.6. The largest absolute Gasteiger partial charge is 0.478 e. The Morgan fingerprint density at radius 2 is 1.79 bits per heavy atom. The molecule has 0 spiro atoms. The lowest BCUT2D eigenvalue weighted by atomic mass is 9.82. The Hall–Kier alpha value is -1.81. The summed E-state index contributed by atoms with van der Waals surface area (Å²) in [6.45, 7) is 1.56. The smallest absolute Gasteiger partial charge is 0.332 e. The Bertz CT molecular complexity index is 656. The van der Waals surface area contributed by atoms with Crippen LogP contribution in [0.3, 0.4) is 0 Å². The van der Waals surface area contributed by atoms with Gasteiger partial charge in [0.1, 0.15) is 0 Å². The average molecular weight is 348 g/mol. The van der Waals surface area contributed by atoms with Crippen molar-refractivity contribution < 1.29 is 14.7 Å². The van der Waals surface area contributed by atoms with Gasteiger partial charge in [0.05, 0.1) is 6.42 Å². The fourth-order valence-corrected chi connectivity index (χ4v) is 4.04. The summed E-state index contributed by atoms with van der Waals surface area (Å²) in [7, 11) is 0. The van der Waals surface area contributed by atoms with Gasteiger partial charge in [-0.15, -0.1) is 0 Å². The maximum absolute atomic E-state index is 12.6. The molecule has 2 aliphatic rings. The number of aliphatic carboxylic acids is 1. The van der Waals surface area contributed by atoms with Crippen molar-refractivity contribution in [3.63, 3.8) is 0 Å². The molecule has 1 aliphatic carbocycles. The van der Waals surface area contributed by atoms with E-state index in [4.69, 9.17) is 11.6 Å². The second-order valence-corrected chi connectivity index (χ2v) is 7.18. The number of hydrogen-bond donors (Lipinski definition) is 1. The average Bonchev–Trinajstić information content (AvgIpc) is 3.00. The molecule has 128 valence electrons. The van der Waals surface area contributed by atoms with Gasteiger partial charge < -0.3 is 10.0 Å². The molecule has 2 fully saturated rings. The molecule has 2 atom stereocenters. The van der Waals surface area contributed by atoms with Gasteiger partial charge in [0.2, 0.25) is 5.91 Å². The number of carbonyl (C=O) groups is 2. The minimum atomic E-state index is -1.07. The Labute approximate surface area is 147 Å². The van der Waals surface area contributed by atoms with Crippen LogP contribution in [0, 0.1) is 11.8 Å². The molecule has 1 heterocycles. The number of carboxylic acids is 1. The number of benzene rings is 1. The van der Waals surface area contributed by atoms with Crippen molar-refractivity contribution in [2.24, 2.45) is 11.8 Å². The van der Waals surface area contributed by atoms with Crippen LogP contribution in [0.25, 0.3) is 6.08 Å². The molecule has 1 aromatic rings. The van der Waals surface area contributed by atoms with E-state index in [0.717, 1.165) is 13.1 Å². The molecule has 24 heavy (non-hydrogen) atoms. The van der Waals surface area contributed by atoms with Crippen LogP contribution >= 0.6 is 11.6 Å². The van der Waals surface area contributed by atoms with E-state index in [0.29, 0.717) is 22.4 Å². The minimum absolute atomic E-state index is 0.0833. The third-order valence-electron chi connectivity index (χ3n) is 5.18. The second-order valence-electron chi connectivity index (χ2n) is 6.78. The highest BCUT2D eigenvalue weighted by Gasteiger charge is 2.36. The molecule has 0 radical (unpaired) electrons. The van der Waals surface area contributed by atoms with Gasteiger partial charge in [-0.05, 0) is 42.4 Å². The molecular weight excluding hydrogens is 326 g/mol. The predicted octanol–water partition coefficient (Wildman–Crippen LogP) is 3.85. The van der Waals surface area contributed by atoms with Crippen LogP contribution < -0.4 is 0 Å². The summed E-state index contributed by atoms with van der Waals surface area (Å²) in [6, 6.07) is 7.04. The number of nitrogens with zero attached hydrogens (tertiary/aromatic N) is 1. The molecule has 1 saturated heterocycles. The number of fused-ring (bicyclic) bond motifs is 1. The number of carbonyl (C=O) groups excluding carboxylic acids is 1. The van der Waals surface area contributed by atoms with E-state index in [1.54, 1.807) is 24.3 Å². The van der Waals surface area contributed by atoms with Crippen LogP contribution in [0.2, 0.25) is 5.02 Å². The highest BCUT2D eigenvalue weighted by Crippen LogP contribution is 2.36. The van der Waals surface area contributed by atoms with Crippen LogP contribution in [-0.4, -0.2) is 35.0 Å². The molecule has 0 aromatic heterocycles. The van der Waals surface area contributed by atoms with E-state index >= 15 is 0 Å². The van der Waals surface area contributed by atoms with Gasteiger partial charge in [0.25, 0.3) is 0 Å². The van der Waals surface area contributed by atoms with E-state index in [2.05, 4.69) is 0 Å². The number of rotatable bonds is 4. The Morgan fingerprint density at radius 1 is 1.17 bits per heavy atom. The van der Waals surface area contributed by atoms with Gasteiger partial charge in [-0.25, -0.2) is 4.79 Å². The summed E-state index contributed by atoms with van der Waals surface area (Å²) in [5, 5.41) is 9.92. The zero-order chi connectivity index (χ0) is 17.1. The highest BCUT2D eigenvalue weighted by atomic mass is 35.5. The normalized spacial score (nSPS) is 23.9. The monoisotopic (exact) mass is 347 g/mol. The van der Waals surface area contributed by atoms with Crippen LogP contribution in [0.4, 0.5) is 0 Å². The predicted molar refractivity (Wildman–Crippen MR) is 93.7 cm³/mol. The summed E-state index contributed by atoms with van der Waals surface area (Å²) >= 11 is 6.09. The first kappa shape index (κ1) is 17.0. The highest BCUT2D eigenvalue weighted by molar-refractivity contribution is 6.32. The zero-order valence-corrected chi connectivity index (χ0v) is 14.3. The maximum atomic E-state index is 12.6. The fourth-order valence-electron chi connectivity index (χ4n) is 3.85. The van der Waals surface area contributed by atoms with Crippen molar-refractivity contribution in [1.29, 1.82) is 0 Å². The standard InChI is InChI=1S/C19H22ClNO3/c20-17-8-4-3-5-13(17)9-16(19(23)24)10-18(22)21-11-14-6-1-2-7-15(14)12-21/h3-5,8-9,14-15H,1-2,6-7,10-12H2,(H,23,24)/b16-9-. The molecule has 1 amide bonds. The number of halogens is 1. The summed E-state index contributed by atoms with van der Waals surface area (Å²) < 4.78 is 0. The lowest BCUT2D eigenvalue weighted by Gasteiger charge is -2.22. The molecule has 1 saturated carbocycles. The Kier molecular flexibility index (Phi) is 5.24. The lowest BCUT2D eigenvalue weighted by Crippen LogP contribution is -2.29. The molecule has 0 bridgehead atoms. The van der Waals surface area contributed by atoms with Crippen LogP contribution in [0.5, 0.6) is 0 Å². The first-order valence-corrected chi connectivity index (χ1v) is 8.88. The van der Waals surface area contributed by atoms with E-state index in [-0.39, 0.29) is 17.9 Å². The summed E-state index contributed by atoms with van der Waals surface area (Å²) in [5.41, 5.74) is 0.711. The number of hydrogen-bond acceptors (Lipinski definition) is 2. The fraction of sp³-hybridized carbons (Fsp3) is 0.474. The van der Waals surface area contributed by atoms with Gasteiger partial charge in [0.15, 0.2) is 0 Å². The van der Waals surface area contributed by atoms with Crippen molar-refractivity contribution >= 4 is 29.6 Å². The molecule has 1 aliphatic heterocycles. The van der Waals surface area contributed by atoms with Crippen molar-refractivity contribution in [2.45, 2.75) is 32.1 Å². The summed E-state index contributed by atoms with van der Waals surface area (Å²) in [5.74, 6) is 0.0389. The van der Waals surface area contributed by atoms with E-state index in [1.807, 2.05) is 4.90 Å². The minimum Gasteiger partial charge on any atom is -0.478 e. The number of amides is 1. The van der Waals surface area contributed by atoms with Crippen LogP contribution in [-0.2, 0) is 9.59 Å². The number of carboxylic acid groups (broad SMARTS) is 1. The molecule has 1 aromatic carbocycles. The molecule has 5 heteroatoms. The lowest BCUT2D eigenvalue weighted by molar-refractivity contribution is -0.136.